The fourth-order valence-corrected chi connectivity index (χ4v) is 3.83. The highest BCUT2D eigenvalue weighted by atomic mass is 19.4. The molecule has 0 fully saturated rings. The molecule has 2 atom stereocenters. The lowest BCUT2D eigenvalue weighted by Gasteiger charge is -2.16. The van der Waals surface area contributed by atoms with E-state index in [0.29, 0.717) is 5.56 Å². The molecular formula is C23H19F5N2O3. The van der Waals surface area contributed by atoms with Gasteiger partial charge in [-0.3, -0.25) is 4.79 Å². The summed E-state index contributed by atoms with van der Waals surface area (Å²) >= 11 is 0. The van der Waals surface area contributed by atoms with Crippen molar-refractivity contribution in [1.29, 1.82) is 0 Å². The highest BCUT2D eigenvalue weighted by Crippen LogP contribution is 2.47. The Morgan fingerprint density at radius 3 is 2.61 bits per heavy atom. The summed E-state index contributed by atoms with van der Waals surface area (Å²) in [6.45, 7) is 2.85. The average Bonchev–Trinajstić information content (AvgIpc) is 3.39. The first-order chi connectivity index (χ1) is 15.5. The van der Waals surface area contributed by atoms with Crippen LogP contribution in [0.25, 0.3) is 0 Å². The highest BCUT2D eigenvalue weighted by Gasteiger charge is 2.45. The third-order valence-electron chi connectivity index (χ3n) is 5.69. The maximum absolute atomic E-state index is 13.8. The predicted molar refractivity (Wildman–Crippen MR) is 107 cm³/mol. The first-order valence-electron chi connectivity index (χ1n) is 10.1. The largest absolute Gasteiger partial charge is 0.416 e. The molecule has 2 aromatic carbocycles. The number of rotatable bonds is 5. The summed E-state index contributed by atoms with van der Waals surface area (Å²) in [4.78, 5) is 16.4. The van der Waals surface area contributed by atoms with Gasteiger partial charge in [-0.05, 0) is 61.6 Å². The van der Waals surface area contributed by atoms with E-state index < -0.39 is 35.7 Å². The molecule has 5 nitrogen and oxygen atoms in total. The van der Waals surface area contributed by atoms with Crippen LogP contribution in [0.4, 0.5) is 22.0 Å². The van der Waals surface area contributed by atoms with Crippen LogP contribution in [0.1, 0.15) is 58.0 Å². The average molecular weight is 466 g/mol. The molecule has 1 aliphatic carbocycles. The molecule has 10 heteroatoms. The molecule has 4 rings (SSSR count). The second-order valence-electron chi connectivity index (χ2n) is 7.86. The van der Waals surface area contributed by atoms with Gasteiger partial charge >= 0.3 is 12.3 Å². The van der Waals surface area contributed by atoms with E-state index in [0.717, 1.165) is 18.4 Å². The predicted octanol–water partition coefficient (Wildman–Crippen LogP) is 6.14. The molecule has 0 spiro atoms. The van der Waals surface area contributed by atoms with Crippen molar-refractivity contribution in [2.24, 2.45) is 0 Å². The van der Waals surface area contributed by atoms with Crippen molar-refractivity contribution in [3.63, 3.8) is 0 Å². The summed E-state index contributed by atoms with van der Waals surface area (Å²) in [5.41, 5.74) is 0.509. The topological polar surface area (TPSA) is 64.4 Å². The molecule has 1 aliphatic rings. The number of halogens is 5. The minimum absolute atomic E-state index is 0.0729. The fourth-order valence-electron chi connectivity index (χ4n) is 3.83. The Morgan fingerprint density at radius 1 is 1.24 bits per heavy atom. The van der Waals surface area contributed by atoms with Crippen LogP contribution in [0.2, 0.25) is 0 Å². The molecule has 33 heavy (non-hydrogen) atoms. The van der Waals surface area contributed by atoms with Crippen LogP contribution in [0.3, 0.4) is 0 Å². The number of aromatic nitrogens is 1. The second kappa shape index (κ2) is 8.49. The van der Waals surface area contributed by atoms with Crippen LogP contribution in [-0.2, 0) is 6.42 Å². The summed E-state index contributed by atoms with van der Waals surface area (Å²) in [5, 5.41) is 2.55. The third-order valence-corrected chi connectivity index (χ3v) is 5.69. The van der Waals surface area contributed by atoms with Gasteiger partial charge in [0.1, 0.15) is 23.6 Å². The van der Waals surface area contributed by atoms with Crippen molar-refractivity contribution in [3.05, 3.63) is 76.2 Å². The number of nitrogens with zero attached hydrogens (tertiary/aromatic N) is 1. The maximum Gasteiger partial charge on any atom is 0.399 e. The molecule has 0 saturated heterocycles. The molecule has 1 amide bonds. The molecule has 0 radical (unpaired) electrons. The number of nitrogens with one attached hydrogen (secondary N) is 1. The fraction of sp³-hybridized carbons (Fsp3) is 0.304. The van der Waals surface area contributed by atoms with E-state index in [1.165, 1.54) is 25.1 Å². The van der Waals surface area contributed by atoms with Crippen molar-refractivity contribution in [3.8, 4) is 11.8 Å². The monoisotopic (exact) mass is 466 g/mol. The highest BCUT2D eigenvalue weighted by molar-refractivity contribution is 5.92. The summed E-state index contributed by atoms with van der Waals surface area (Å²) in [5.74, 6) is -3.53. The molecule has 0 aliphatic heterocycles. The van der Waals surface area contributed by atoms with Crippen molar-refractivity contribution in [1.82, 2.24) is 10.3 Å². The van der Waals surface area contributed by atoms with Crippen molar-refractivity contribution in [2.75, 3.05) is 0 Å². The van der Waals surface area contributed by atoms with E-state index in [2.05, 4.69) is 10.3 Å². The first kappa shape index (κ1) is 22.8. The normalized spacial score (nSPS) is 16.4. The van der Waals surface area contributed by atoms with Gasteiger partial charge in [0.25, 0.3) is 5.91 Å². The van der Waals surface area contributed by atoms with Crippen LogP contribution in [-0.4, -0.2) is 17.1 Å². The summed E-state index contributed by atoms with van der Waals surface area (Å²) < 4.78 is 77.9. The lowest BCUT2D eigenvalue weighted by Crippen LogP contribution is -2.27. The minimum atomic E-state index is -4.35. The third kappa shape index (κ3) is 4.55. The smallest absolute Gasteiger partial charge is 0.399 e. The number of hydrogen-bond donors (Lipinski definition) is 1. The lowest BCUT2D eigenvalue weighted by molar-refractivity contribution is -0.149. The standard InChI is InChI=1S/C23H19F5N2O3/c1-11-17(24)8-13(9-18(11)25)12(2)29-21(31)19-10-32-22(30-19)33-20-5-3-4-14-15(20)6-7-16(14)23(26,27)28/h3-5,8-10,12,16H,6-7H2,1-2H3,(H,29,31). The Kier molecular flexibility index (Phi) is 5.85. The molecule has 2 unspecified atom stereocenters. The number of alkyl halides is 3. The Bertz CT molecular complexity index is 1180. The quantitative estimate of drug-likeness (QED) is 0.459. The Labute approximate surface area is 185 Å². The van der Waals surface area contributed by atoms with Crippen molar-refractivity contribution >= 4 is 5.91 Å². The number of oxazole rings is 1. The number of fused-ring (bicyclic) bond motifs is 1. The zero-order valence-electron chi connectivity index (χ0n) is 17.6. The van der Waals surface area contributed by atoms with E-state index in [1.807, 2.05) is 0 Å². The molecule has 1 heterocycles. The van der Waals surface area contributed by atoms with Gasteiger partial charge in [0.05, 0.1) is 12.0 Å². The first-order valence-corrected chi connectivity index (χ1v) is 10.1. The van der Waals surface area contributed by atoms with Gasteiger partial charge in [0.15, 0.2) is 5.69 Å². The van der Waals surface area contributed by atoms with Crippen molar-refractivity contribution in [2.45, 2.75) is 44.8 Å². The molecular weight excluding hydrogens is 447 g/mol. The molecule has 0 bridgehead atoms. The van der Waals surface area contributed by atoms with Crippen LogP contribution < -0.4 is 10.1 Å². The molecule has 1 N–H and O–H groups in total. The maximum atomic E-state index is 13.8. The van der Waals surface area contributed by atoms with E-state index >= 15 is 0 Å². The van der Waals surface area contributed by atoms with Crippen LogP contribution >= 0.6 is 0 Å². The zero-order valence-corrected chi connectivity index (χ0v) is 17.6. The van der Waals surface area contributed by atoms with Gasteiger partial charge in [0, 0.05) is 5.56 Å². The SMILES string of the molecule is Cc1c(F)cc(C(C)NC(=O)c2coc(Oc3cccc4c3CCC4C(F)(F)F)n2)cc1F. The lowest BCUT2D eigenvalue weighted by atomic mass is 10.0. The zero-order chi connectivity index (χ0) is 23.9. The minimum Gasteiger partial charge on any atom is -0.416 e. The Morgan fingerprint density at radius 2 is 1.94 bits per heavy atom. The van der Waals surface area contributed by atoms with Crippen LogP contribution in [0.5, 0.6) is 11.8 Å². The number of hydrogen-bond acceptors (Lipinski definition) is 4. The van der Waals surface area contributed by atoms with Gasteiger partial charge < -0.3 is 14.5 Å². The molecule has 3 aromatic rings. The van der Waals surface area contributed by atoms with Crippen molar-refractivity contribution < 1.29 is 35.9 Å². The molecule has 1 aromatic heterocycles. The summed E-state index contributed by atoms with van der Waals surface area (Å²) in [7, 11) is 0. The van der Waals surface area contributed by atoms with E-state index in [1.54, 1.807) is 6.92 Å². The second-order valence-corrected chi connectivity index (χ2v) is 7.86. The van der Waals surface area contributed by atoms with E-state index in [4.69, 9.17) is 9.15 Å². The van der Waals surface area contributed by atoms with Gasteiger partial charge in [-0.1, -0.05) is 12.1 Å². The Hall–Kier alpha value is -3.43. The number of ether oxygens (including phenoxy) is 1. The van der Waals surface area contributed by atoms with Crippen LogP contribution in [0, 0.1) is 18.6 Å². The summed E-state index contributed by atoms with van der Waals surface area (Å²) in [6.07, 6.45) is -3.53. The van der Waals surface area contributed by atoms with E-state index in [-0.39, 0.29) is 47.1 Å². The number of benzene rings is 2. The number of carbonyl (C=O) groups is 1. The van der Waals surface area contributed by atoms with Gasteiger partial charge in [-0.2, -0.15) is 18.2 Å². The number of carbonyl (C=O) groups excluding carboxylic acids is 1. The van der Waals surface area contributed by atoms with Crippen LogP contribution in [0.15, 0.2) is 41.0 Å². The van der Waals surface area contributed by atoms with Gasteiger partial charge in [-0.25, -0.2) is 8.78 Å². The van der Waals surface area contributed by atoms with E-state index in [9.17, 15) is 26.7 Å². The Balaban J connectivity index is 1.47. The number of amides is 1. The summed E-state index contributed by atoms with van der Waals surface area (Å²) in [6, 6.07) is 5.90. The molecule has 0 saturated carbocycles. The molecule has 174 valence electrons. The van der Waals surface area contributed by atoms with Gasteiger partial charge in [0.2, 0.25) is 0 Å². The van der Waals surface area contributed by atoms with Gasteiger partial charge in [-0.15, -0.1) is 0 Å².